The van der Waals surface area contributed by atoms with E-state index in [2.05, 4.69) is 26.3 Å². The number of aryl methyl sites for hydroxylation is 1. The van der Waals surface area contributed by atoms with Gasteiger partial charge in [-0.2, -0.15) is 0 Å². The third-order valence-corrected chi connectivity index (χ3v) is 5.09. The first-order valence-electron chi connectivity index (χ1n) is 8.21. The zero-order chi connectivity index (χ0) is 16.8. The maximum Gasteiger partial charge on any atom is 0.230 e. The molecule has 0 radical (unpaired) electrons. The smallest absolute Gasteiger partial charge is 0.230 e. The van der Waals surface area contributed by atoms with Gasteiger partial charge in [0.15, 0.2) is 0 Å². The average Bonchev–Trinajstić information content (AvgIpc) is 2.61. The van der Waals surface area contributed by atoms with Crippen LogP contribution in [0.15, 0.2) is 47.6 Å². The lowest BCUT2D eigenvalue weighted by atomic mass is 10.1. The van der Waals surface area contributed by atoms with Crippen LogP contribution in [0.2, 0.25) is 0 Å². The van der Waals surface area contributed by atoms with E-state index in [1.807, 2.05) is 31.2 Å². The van der Waals surface area contributed by atoms with E-state index in [1.54, 1.807) is 24.2 Å². The number of hydrogen-bond donors (Lipinski definition) is 1. The summed E-state index contributed by atoms with van der Waals surface area (Å²) in [6.07, 6.45) is 5.41. The van der Waals surface area contributed by atoms with Gasteiger partial charge in [-0.05, 0) is 44.0 Å². The van der Waals surface area contributed by atoms with Crippen LogP contribution in [0.5, 0.6) is 0 Å². The summed E-state index contributed by atoms with van der Waals surface area (Å²) in [7, 11) is 0. The normalized spacial score (nSPS) is 15.3. The fourth-order valence-electron chi connectivity index (χ4n) is 2.81. The predicted molar refractivity (Wildman–Crippen MR) is 97.3 cm³/mol. The number of piperidine rings is 1. The van der Waals surface area contributed by atoms with E-state index in [0.717, 1.165) is 42.3 Å². The Balaban J connectivity index is 1.42. The Hall–Kier alpha value is -2.08. The third kappa shape index (κ3) is 4.71. The minimum Gasteiger partial charge on any atom is -0.356 e. The summed E-state index contributed by atoms with van der Waals surface area (Å²) in [4.78, 5) is 24.0. The van der Waals surface area contributed by atoms with Crippen molar-refractivity contribution in [1.82, 2.24) is 15.3 Å². The number of nitrogens with one attached hydrogen (secondary N) is 1. The summed E-state index contributed by atoms with van der Waals surface area (Å²) < 4.78 is 0. The number of thioether (sulfide) groups is 1. The van der Waals surface area contributed by atoms with E-state index in [9.17, 15) is 4.79 Å². The molecule has 2 aromatic rings. The molecular weight excluding hydrogens is 320 g/mol. The molecule has 6 heteroatoms. The van der Waals surface area contributed by atoms with Gasteiger partial charge in [-0.25, -0.2) is 4.98 Å². The molecule has 0 aromatic carbocycles. The topological polar surface area (TPSA) is 58.1 Å². The van der Waals surface area contributed by atoms with Crippen molar-refractivity contribution < 1.29 is 4.79 Å². The number of hydrogen-bond acceptors (Lipinski definition) is 5. The first-order valence-corrected chi connectivity index (χ1v) is 9.20. The first kappa shape index (κ1) is 16.8. The number of carbonyl (C=O) groups is 1. The van der Waals surface area contributed by atoms with E-state index >= 15 is 0 Å². The lowest BCUT2D eigenvalue weighted by Crippen LogP contribution is -2.45. The number of carbonyl (C=O) groups excluding carboxylic acids is 1. The van der Waals surface area contributed by atoms with Gasteiger partial charge in [-0.1, -0.05) is 6.07 Å². The minimum absolute atomic E-state index is 0.101. The van der Waals surface area contributed by atoms with Crippen LogP contribution in [0.1, 0.15) is 18.5 Å². The van der Waals surface area contributed by atoms with Crippen molar-refractivity contribution in [3.05, 3.63) is 48.4 Å². The van der Waals surface area contributed by atoms with Crippen LogP contribution in [0.3, 0.4) is 0 Å². The second-order valence-electron chi connectivity index (χ2n) is 5.94. The SMILES string of the molecule is Cc1cccc(N2CCC(NC(=O)CSc3ccncc3)CC2)n1. The van der Waals surface area contributed by atoms with E-state index in [1.165, 1.54) is 0 Å². The van der Waals surface area contributed by atoms with E-state index in [-0.39, 0.29) is 11.9 Å². The van der Waals surface area contributed by atoms with Crippen molar-refractivity contribution in [2.75, 3.05) is 23.7 Å². The maximum atomic E-state index is 12.1. The van der Waals surface area contributed by atoms with Crippen LogP contribution in [-0.2, 0) is 4.79 Å². The molecule has 0 bridgehead atoms. The second-order valence-corrected chi connectivity index (χ2v) is 6.99. The lowest BCUT2D eigenvalue weighted by Gasteiger charge is -2.33. The molecule has 2 aromatic heterocycles. The summed E-state index contributed by atoms with van der Waals surface area (Å²) >= 11 is 1.54. The number of rotatable bonds is 5. The summed E-state index contributed by atoms with van der Waals surface area (Å²) in [6.45, 7) is 3.87. The van der Waals surface area contributed by atoms with Crippen molar-refractivity contribution in [2.24, 2.45) is 0 Å². The molecule has 3 rings (SSSR count). The fourth-order valence-corrected chi connectivity index (χ4v) is 3.51. The molecule has 1 saturated heterocycles. The largest absolute Gasteiger partial charge is 0.356 e. The number of amides is 1. The highest BCUT2D eigenvalue weighted by atomic mass is 32.2. The Kier molecular flexibility index (Phi) is 5.69. The van der Waals surface area contributed by atoms with Crippen LogP contribution >= 0.6 is 11.8 Å². The molecule has 5 nitrogen and oxygen atoms in total. The minimum atomic E-state index is 0.101. The highest BCUT2D eigenvalue weighted by Gasteiger charge is 2.21. The van der Waals surface area contributed by atoms with Crippen LogP contribution in [-0.4, -0.2) is 40.8 Å². The Labute approximate surface area is 146 Å². The van der Waals surface area contributed by atoms with Crippen molar-refractivity contribution in [3.8, 4) is 0 Å². The zero-order valence-corrected chi connectivity index (χ0v) is 14.6. The second kappa shape index (κ2) is 8.15. The van der Waals surface area contributed by atoms with Crippen molar-refractivity contribution in [1.29, 1.82) is 0 Å². The summed E-state index contributed by atoms with van der Waals surface area (Å²) in [6, 6.07) is 10.2. The molecule has 1 amide bonds. The molecule has 3 heterocycles. The molecule has 0 atom stereocenters. The highest BCUT2D eigenvalue weighted by Crippen LogP contribution is 2.19. The van der Waals surface area contributed by atoms with Gasteiger partial charge in [0.25, 0.3) is 0 Å². The molecule has 0 saturated carbocycles. The molecule has 0 unspecified atom stereocenters. The Bertz CT molecular complexity index is 672. The Morgan fingerprint density at radius 3 is 2.71 bits per heavy atom. The van der Waals surface area contributed by atoms with Gasteiger partial charge in [0.2, 0.25) is 5.91 Å². The summed E-state index contributed by atoms with van der Waals surface area (Å²) in [5.41, 5.74) is 1.04. The van der Waals surface area contributed by atoms with Gasteiger partial charge >= 0.3 is 0 Å². The van der Waals surface area contributed by atoms with Gasteiger partial charge in [-0.15, -0.1) is 11.8 Å². The Morgan fingerprint density at radius 2 is 2.00 bits per heavy atom. The highest BCUT2D eigenvalue weighted by molar-refractivity contribution is 8.00. The average molecular weight is 342 g/mol. The first-order chi connectivity index (χ1) is 11.7. The molecule has 126 valence electrons. The molecule has 1 aliphatic rings. The van der Waals surface area contributed by atoms with Gasteiger partial charge in [0, 0.05) is 42.1 Å². The molecular formula is C18H22N4OS. The summed E-state index contributed by atoms with van der Waals surface area (Å²) in [5.74, 6) is 1.58. The number of nitrogens with zero attached hydrogens (tertiary/aromatic N) is 3. The van der Waals surface area contributed by atoms with Gasteiger partial charge in [-0.3, -0.25) is 9.78 Å². The van der Waals surface area contributed by atoms with Gasteiger partial charge in [0.05, 0.1) is 5.75 Å². The molecule has 1 fully saturated rings. The summed E-state index contributed by atoms with van der Waals surface area (Å²) in [5, 5.41) is 3.15. The number of pyridine rings is 2. The van der Waals surface area contributed by atoms with Gasteiger partial charge < -0.3 is 10.2 Å². The van der Waals surface area contributed by atoms with Crippen molar-refractivity contribution in [2.45, 2.75) is 30.7 Å². The lowest BCUT2D eigenvalue weighted by molar-refractivity contribution is -0.119. The van der Waals surface area contributed by atoms with E-state index in [0.29, 0.717) is 5.75 Å². The Morgan fingerprint density at radius 1 is 1.25 bits per heavy atom. The van der Waals surface area contributed by atoms with Crippen molar-refractivity contribution in [3.63, 3.8) is 0 Å². The zero-order valence-electron chi connectivity index (χ0n) is 13.8. The third-order valence-electron chi connectivity index (χ3n) is 4.08. The van der Waals surface area contributed by atoms with Gasteiger partial charge in [0.1, 0.15) is 5.82 Å². The molecule has 24 heavy (non-hydrogen) atoms. The molecule has 0 spiro atoms. The van der Waals surface area contributed by atoms with Crippen LogP contribution in [0.25, 0.3) is 0 Å². The molecule has 1 aliphatic heterocycles. The number of aromatic nitrogens is 2. The van der Waals surface area contributed by atoms with Crippen molar-refractivity contribution >= 4 is 23.5 Å². The van der Waals surface area contributed by atoms with E-state index < -0.39 is 0 Å². The monoisotopic (exact) mass is 342 g/mol. The standard InChI is InChI=1S/C18H22N4OS/c1-14-3-2-4-17(20-14)22-11-7-15(8-12-22)21-18(23)13-24-16-5-9-19-10-6-16/h2-6,9-10,15H,7-8,11-13H2,1H3,(H,21,23). The van der Waals surface area contributed by atoms with Crippen LogP contribution < -0.4 is 10.2 Å². The van der Waals surface area contributed by atoms with Crippen LogP contribution in [0.4, 0.5) is 5.82 Å². The molecule has 1 N–H and O–H groups in total. The fraction of sp³-hybridized carbons (Fsp3) is 0.389. The van der Waals surface area contributed by atoms with E-state index in [4.69, 9.17) is 0 Å². The maximum absolute atomic E-state index is 12.1. The molecule has 0 aliphatic carbocycles. The quantitative estimate of drug-likeness (QED) is 0.847. The number of anilines is 1. The van der Waals surface area contributed by atoms with Crippen LogP contribution in [0, 0.1) is 6.92 Å². The predicted octanol–water partition coefficient (Wildman–Crippen LogP) is 2.66.